The third kappa shape index (κ3) is 4.75. The Morgan fingerprint density at radius 3 is 2.52 bits per heavy atom. The van der Waals surface area contributed by atoms with Crippen molar-refractivity contribution < 1.29 is 4.79 Å². The predicted octanol–water partition coefficient (Wildman–Crippen LogP) is 5.37. The second-order valence-corrected chi connectivity index (χ2v) is 8.85. The van der Waals surface area contributed by atoms with Gasteiger partial charge in [0.25, 0.3) is 0 Å². The first-order valence-corrected chi connectivity index (χ1v) is 11.1. The lowest BCUT2D eigenvalue weighted by Gasteiger charge is -2.14. The van der Waals surface area contributed by atoms with Gasteiger partial charge < -0.3 is 0 Å². The summed E-state index contributed by atoms with van der Waals surface area (Å²) in [6.45, 7) is 6.62. The van der Waals surface area contributed by atoms with Gasteiger partial charge in [0.1, 0.15) is 0 Å². The normalized spacial score (nSPS) is 12.0. The zero-order chi connectivity index (χ0) is 21.8. The van der Waals surface area contributed by atoms with Gasteiger partial charge in [-0.3, -0.25) is 14.3 Å². The van der Waals surface area contributed by atoms with Crippen molar-refractivity contribution in [1.82, 2.24) is 19.7 Å². The van der Waals surface area contributed by atoms with Crippen molar-refractivity contribution in [1.29, 1.82) is 0 Å². The van der Waals surface area contributed by atoms with Gasteiger partial charge in [0.2, 0.25) is 0 Å². The highest BCUT2D eigenvalue weighted by atomic mass is 32.2. The van der Waals surface area contributed by atoms with Gasteiger partial charge in [-0.05, 0) is 55.7 Å². The molecule has 0 unspecified atom stereocenters. The molecule has 1 atom stereocenters. The number of hydrogen-bond donors (Lipinski definition) is 0. The number of benzene rings is 2. The molecule has 0 saturated heterocycles. The lowest BCUT2D eigenvalue weighted by Crippen LogP contribution is -2.15. The Balaban J connectivity index is 1.65. The summed E-state index contributed by atoms with van der Waals surface area (Å²) < 4.78 is 2.06. The van der Waals surface area contributed by atoms with Gasteiger partial charge in [0, 0.05) is 23.5 Å². The standard InChI is InChI=1S/C25H24N4OS/c1-17-11-12-21(14-18(17)2)23(30)19(3)31-25-28-27-24(22-10-7-13-26-15-22)29(25)16-20-8-5-4-6-9-20/h4-15,19H,16H2,1-3H3/t19-/m0/s1. The summed E-state index contributed by atoms with van der Waals surface area (Å²) in [5.74, 6) is 0.829. The van der Waals surface area contributed by atoms with Crippen LogP contribution in [-0.4, -0.2) is 30.8 Å². The van der Waals surface area contributed by atoms with E-state index in [1.165, 1.54) is 17.3 Å². The zero-order valence-electron chi connectivity index (χ0n) is 17.8. The van der Waals surface area contributed by atoms with Gasteiger partial charge in [0.05, 0.1) is 11.8 Å². The van der Waals surface area contributed by atoms with Crippen molar-refractivity contribution in [2.24, 2.45) is 0 Å². The Labute approximate surface area is 186 Å². The summed E-state index contributed by atoms with van der Waals surface area (Å²) >= 11 is 1.44. The molecule has 5 nitrogen and oxygen atoms in total. The Morgan fingerprint density at radius 2 is 1.81 bits per heavy atom. The first kappa shape index (κ1) is 21.0. The van der Waals surface area contributed by atoms with E-state index in [9.17, 15) is 4.79 Å². The Morgan fingerprint density at radius 1 is 1.00 bits per heavy atom. The molecule has 2 aromatic carbocycles. The van der Waals surface area contributed by atoms with Crippen LogP contribution in [0.4, 0.5) is 0 Å². The number of carbonyl (C=O) groups excluding carboxylic acids is 1. The Hall–Kier alpha value is -3.25. The minimum Gasteiger partial charge on any atom is -0.297 e. The van der Waals surface area contributed by atoms with Crippen LogP contribution in [0.3, 0.4) is 0 Å². The summed E-state index contributed by atoms with van der Waals surface area (Å²) in [4.78, 5) is 17.3. The van der Waals surface area contributed by atoms with Crippen LogP contribution >= 0.6 is 11.8 Å². The first-order chi connectivity index (χ1) is 15.0. The quantitative estimate of drug-likeness (QED) is 0.293. The number of aryl methyl sites for hydroxylation is 2. The highest BCUT2D eigenvalue weighted by molar-refractivity contribution is 8.00. The summed E-state index contributed by atoms with van der Waals surface area (Å²) in [5, 5.41) is 9.29. The molecule has 0 spiro atoms. The molecule has 2 aromatic heterocycles. The zero-order valence-corrected chi connectivity index (χ0v) is 18.6. The lowest BCUT2D eigenvalue weighted by atomic mass is 10.0. The van der Waals surface area contributed by atoms with Crippen molar-refractivity contribution in [3.63, 3.8) is 0 Å². The van der Waals surface area contributed by atoms with Crippen LogP contribution in [0, 0.1) is 13.8 Å². The molecule has 6 heteroatoms. The van der Waals surface area contributed by atoms with Gasteiger partial charge in [-0.15, -0.1) is 10.2 Å². The molecular weight excluding hydrogens is 404 g/mol. The maximum absolute atomic E-state index is 13.1. The van der Waals surface area contributed by atoms with Crippen LogP contribution in [-0.2, 0) is 6.54 Å². The van der Waals surface area contributed by atoms with Crippen molar-refractivity contribution in [3.05, 3.63) is 95.3 Å². The first-order valence-electron chi connectivity index (χ1n) is 10.2. The minimum absolute atomic E-state index is 0.0882. The highest BCUT2D eigenvalue weighted by Crippen LogP contribution is 2.29. The molecule has 31 heavy (non-hydrogen) atoms. The Bertz CT molecular complexity index is 1190. The van der Waals surface area contributed by atoms with Crippen LogP contribution < -0.4 is 0 Å². The third-order valence-electron chi connectivity index (χ3n) is 5.26. The smallest absolute Gasteiger partial charge is 0.192 e. The van der Waals surface area contributed by atoms with Gasteiger partial charge in [-0.1, -0.05) is 54.2 Å². The number of ketones is 1. The number of pyridine rings is 1. The summed E-state index contributed by atoms with van der Waals surface area (Å²) in [6.07, 6.45) is 3.52. The van der Waals surface area contributed by atoms with E-state index in [-0.39, 0.29) is 11.0 Å². The fourth-order valence-electron chi connectivity index (χ4n) is 3.33. The molecule has 2 heterocycles. The molecule has 0 saturated carbocycles. The van der Waals surface area contributed by atoms with E-state index < -0.39 is 0 Å². The molecule has 0 bridgehead atoms. The van der Waals surface area contributed by atoms with Crippen molar-refractivity contribution in [3.8, 4) is 11.4 Å². The number of carbonyl (C=O) groups is 1. The lowest BCUT2D eigenvalue weighted by molar-refractivity contribution is 0.0993. The summed E-state index contributed by atoms with van der Waals surface area (Å²) in [7, 11) is 0. The molecule has 0 fully saturated rings. The van der Waals surface area contributed by atoms with Crippen molar-refractivity contribution in [2.75, 3.05) is 0 Å². The van der Waals surface area contributed by atoms with E-state index in [4.69, 9.17) is 0 Å². The number of thioether (sulfide) groups is 1. The molecule has 0 aliphatic rings. The number of rotatable bonds is 7. The summed E-state index contributed by atoms with van der Waals surface area (Å²) in [5.41, 5.74) is 5.06. The van der Waals surface area contributed by atoms with Crippen LogP contribution in [0.1, 0.15) is 34.0 Å². The van der Waals surface area contributed by atoms with Gasteiger partial charge in [-0.25, -0.2) is 0 Å². The predicted molar refractivity (Wildman–Crippen MR) is 124 cm³/mol. The number of hydrogen-bond acceptors (Lipinski definition) is 5. The second-order valence-electron chi connectivity index (χ2n) is 7.54. The van der Waals surface area contributed by atoms with Gasteiger partial charge in [-0.2, -0.15) is 0 Å². The number of nitrogens with zero attached hydrogens (tertiary/aromatic N) is 4. The maximum Gasteiger partial charge on any atom is 0.192 e. The van der Waals surface area contributed by atoms with Crippen molar-refractivity contribution >= 4 is 17.5 Å². The van der Waals surface area contributed by atoms with Crippen LogP contribution in [0.25, 0.3) is 11.4 Å². The van der Waals surface area contributed by atoms with E-state index in [1.54, 1.807) is 12.4 Å². The van der Waals surface area contributed by atoms with E-state index in [0.717, 1.165) is 28.1 Å². The average molecular weight is 429 g/mol. The van der Waals surface area contributed by atoms with Gasteiger partial charge >= 0.3 is 0 Å². The second kappa shape index (κ2) is 9.27. The molecule has 0 N–H and O–H groups in total. The largest absolute Gasteiger partial charge is 0.297 e. The van der Waals surface area contributed by atoms with E-state index in [0.29, 0.717) is 11.7 Å². The topological polar surface area (TPSA) is 60.7 Å². The van der Waals surface area contributed by atoms with Crippen LogP contribution in [0.2, 0.25) is 0 Å². The van der Waals surface area contributed by atoms with Crippen LogP contribution in [0.15, 0.2) is 78.2 Å². The molecule has 0 amide bonds. The molecule has 4 rings (SSSR count). The van der Waals surface area contributed by atoms with E-state index in [2.05, 4.69) is 31.9 Å². The molecule has 4 aromatic rings. The fraction of sp³-hybridized carbons (Fsp3) is 0.200. The monoisotopic (exact) mass is 428 g/mol. The maximum atomic E-state index is 13.1. The molecular formula is C25H24N4OS. The van der Waals surface area contributed by atoms with Crippen molar-refractivity contribution in [2.45, 2.75) is 37.7 Å². The van der Waals surface area contributed by atoms with E-state index >= 15 is 0 Å². The number of Topliss-reactive ketones (excluding diaryl/α,β-unsaturated/α-hetero) is 1. The number of aromatic nitrogens is 4. The summed E-state index contributed by atoms with van der Waals surface area (Å²) in [6, 6.07) is 19.9. The van der Waals surface area contributed by atoms with E-state index in [1.807, 2.05) is 69.3 Å². The molecule has 0 aliphatic heterocycles. The Kier molecular flexibility index (Phi) is 6.28. The fourth-order valence-corrected chi connectivity index (χ4v) is 4.26. The van der Waals surface area contributed by atoms with Gasteiger partial charge in [0.15, 0.2) is 16.8 Å². The van der Waals surface area contributed by atoms with Crippen LogP contribution in [0.5, 0.6) is 0 Å². The minimum atomic E-state index is -0.289. The molecule has 0 aliphatic carbocycles. The SMILES string of the molecule is Cc1ccc(C(=O)[C@H](C)Sc2nnc(-c3cccnc3)n2Cc2ccccc2)cc1C. The highest BCUT2D eigenvalue weighted by Gasteiger charge is 2.22. The molecule has 156 valence electrons. The third-order valence-corrected chi connectivity index (χ3v) is 6.34. The molecule has 0 radical (unpaired) electrons. The average Bonchev–Trinajstić information content (AvgIpc) is 3.18.